The van der Waals surface area contributed by atoms with Gasteiger partial charge in [-0.25, -0.2) is 4.90 Å². The molecule has 0 N–H and O–H groups in total. The van der Waals surface area contributed by atoms with Gasteiger partial charge in [0.2, 0.25) is 0 Å². The Morgan fingerprint density at radius 3 is 1.41 bits per heavy atom. The Morgan fingerprint density at radius 1 is 0.781 bits per heavy atom. The topological polar surface area (TPSA) is 49.7 Å². The molecule has 0 saturated carbocycles. The van der Waals surface area contributed by atoms with Crippen LogP contribution in [0.5, 0.6) is 0 Å². The normalized spacial score (nSPS) is 19.5. The smallest absolute Gasteiger partial charge is 0.267 e. The van der Waals surface area contributed by atoms with E-state index in [-0.39, 0.29) is 18.2 Å². The highest BCUT2D eigenvalue weighted by Gasteiger charge is 2.81. The summed E-state index contributed by atoms with van der Waals surface area (Å²) in [5.74, 6) is -37.1. The zero-order valence-electron chi connectivity index (χ0n) is 14.9. The molecule has 0 spiro atoms. The summed E-state index contributed by atoms with van der Waals surface area (Å²) in [5.41, 5.74) is 0. The molecule has 1 heterocycles. The van der Waals surface area contributed by atoms with Gasteiger partial charge >= 0.3 is 47.9 Å². The van der Waals surface area contributed by atoms with E-state index in [1.165, 1.54) is 0 Å². The van der Waals surface area contributed by atoms with Crippen molar-refractivity contribution >= 4 is 28.7 Å². The lowest BCUT2D eigenvalue weighted by Gasteiger charge is -2.35. The summed E-state index contributed by atoms with van der Waals surface area (Å²) in [7, 11) is 0. The van der Waals surface area contributed by atoms with E-state index in [0.29, 0.717) is 0 Å². The first kappa shape index (κ1) is 28.2. The number of imide groups is 1. The predicted octanol–water partition coefficient (Wildman–Crippen LogP) is 4.89. The van der Waals surface area contributed by atoms with Crippen molar-refractivity contribution in [3.8, 4) is 0 Å². The second-order valence-corrected chi connectivity index (χ2v) is 7.53. The van der Waals surface area contributed by atoms with Crippen molar-refractivity contribution in [2.24, 2.45) is 4.99 Å². The third-order valence-corrected chi connectivity index (χ3v) is 4.89. The second-order valence-electron chi connectivity index (χ2n) is 6.12. The molecule has 1 aliphatic rings. The summed E-state index contributed by atoms with van der Waals surface area (Å²) < 4.78 is 181. The zero-order valence-corrected chi connectivity index (χ0v) is 15.7. The van der Waals surface area contributed by atoms with Crippen LogP contribution < -0.4 is 0 Å². The van der Waals surface area contributed by atoms with Crippen LogP contribution in [0.2, 0.25) is 0 Å². The number of hydrogen-bond acceptors (Lipinski definition) is 4. The number of rotatable bonds is 4. The van der Waals surface area contributed by atoms with Crippen LogP contribution in [-0.2, 0) is 9.59 Å². The summed E-state index contributed by atoms with van der Waals surface area (Å²) in [6, 6.07) is 0. The van der Waals surface area contributed by atoms with E-state index in [4.69, 9.17) is 0 Å². The highest BCUT2D eigenvalue weighted by Crippen LogP contribution is 2.50. The number of carbonyl (C=O) groups excluding carboxylic acids is 2. The summed E-state index contributed by atoms with van der Waals surface area (Å²) >= 11 is -0.165. The van der Waals surface area contributed by atoms with Crippen LogP contribution in [0.4, 0.5) is 61.5 Å². The van der Waals surface area contributed by atoms with E-state index in [0.717, 1.165) is 6.92 Å². The molecule has 0 aliphatic carbocycles. The van der Waals surface area contributed by atoms with Crippen LogP contribution >= 0.6 is 11.8 Å². The van der Waals surface area contributed by atoms with Crippen LogP contribution in [0.3, 0.4) is 0 Å². The molecule has 1 unspecified atom stereocenters. The van der Waals surface area contributed by atoms with E-state index in [1.807, 2.05) is 0 Å². The molecule has 186 valence electrons. The standard InChI is InChI=1S/C13H8F14N2O2S/c1-4-2-3-28-7(32-4)29(5(30)8(14,15)10(18,19)12(22,23)24)6(31)9(16,17)11(20,21)13(25,26)27/h4H,2-3H2,1H3. The number of nitrogens with zero attached hydrogens (tertiary/aromatic N) is 2. The average Bonchev–Trinajstić information content (AvgIpc) is 2.59. The molecule has 0 fully saturated rings. The maximum atomic E-state index is 13.7. The number of amidine groups is 1. The fourth-order valence-corrected chi connectivity index (χ4v) is 2.93. The molecule has 1 aliphatic heterocycles. The van der Waals surface area contributed by atoms with Gasteiger partial charge in [0.1, 0.15) is 0 Å². The first-order valence-electron chi connectivity index (χ1n) is 7.69. The van der Waals surface area contributed by atoms with Gasteiger partial charge in [0.05, 0.1) is 0 Å². The monoisotopic (exact) mass is 522 g/mol. The van der Waals surface area contributed by atoms with Crippen LogP contribution in [0.15, 0.2) is 4.99 Å². The first-order chi connectivity index (χ1) is 13.9. The molecule has 19 heteroatoms. The van der Waals surface area contributed by atoms with Crippen molar-refractivity contribution in [1.29, 1.82) is 0 Å². The number of thioether (sulfide) groups is 1. The Labute approximate surface area is 172 Å². The highest BCUT2D eigenvalue weighted by molar-refractivity contribution is 8.14. The number of carbonyl (C=O) groups is 2. The fraction of sp³-hybridized carbons (Fsp3) is 0.769. The molecular weight excluding hydrogens is 514 g/mol. The fourth-order valence-electron chi connectivity index (χ4n) is 1.91. The molecule has 0 aromatic heterocycles. The Kier molecular flexibility index (Phi) is 7.22. The van der Waals surface area contributed by atoms with Gasteiger partial charge in [-0.1, -0.05) is 18.7 Å². The van der Waals surface area contributed by atoms with Crippen molar-refractivity contribution < 1.29 is 71.1 Å². The molecular formula is C13H8F14N2O2S. The van der Waals surface area contributed by atoms with E-state index < -0.39 is 69.7 Å². The molecule has 0 aromatic rings. The average molecular weight is 522 g/mol. The Balaban J connectivity index is 3.70. The lowest BCUT2D eigenvalue weighted by molar-refractivity contribution is -0.349. The highest BCUT2D eigenvalue weighted by atomic mass is 32.2. The van der Waals surface area contributed by atoms with Crippen molar-refractivity contribution in [2.45, 2.75) is 54.6 Å². The van der Waals surface area contributed by atoms with Gasteiger partial charge in [-0.15, -0.1) is 0 Å². The molecule has 4 nitrogen and oxygen atoms in total. The molecule has 1 atom stereocenters. The Hall–Kier alpha value is -1.82. The Morgan fingerprint density at radius 2 is 1.12 bits per heavy atom. The summed E-state index contributed by atoms with van der Waals surface area (Å²) in [6.07, 6.45) is -14.5. The lowest BCUT2D eigenvalue weighted by atomic mass is 10.1. The van der Waals surface area contributed by atoms with Gasteiger partial charge in [-0.05, 0) is 6.42 Å². The van der Waals surface area contributed by atoms with Crippen LogP contribution in [-0.4, -0.2) is 69.7 Å². The van der Waals surface area contributed by atoms with Gasteiger partial charge in [0.15, 0.2) is 5.17 Å². The number of halogens is 14. The Bertz CT molecular complexity index is 738. The molecule has 0 bridgehead atoms. The molecule has 0 saturated heterocycles. The molecule has 32 heavy (non-hydrogen) atoms. The summed E-state index contributed by atoms with van der Waals surface area (Å²) in [5, 5.41) is -2.78. The van der Waals surface area contributed by atoms with Gasteiger partial charge < -0.3 is 0 Å². The first-order valence-corrected chi connectivity index (χ1v) is 8.57. The van der Waals surface area contributed by atoms with E-state index in [1.54, 1.807) is 0 Å². The minimum absolute atomic E-state index is 0.0748. The molecule has 0 radical (unpaired) electrons. The van der Waals surface area contributed by atoms with E-state index in [9.17, 15) is 71.1 Å². The maximum Gasteiger partial charge on any atom is 0.460 e. The predicted molar refractivity (Wildman–Crippen MR) is 77.7 cm³/mol. The van der Waals surface area contributed by atoms with Crippen LogP contribution in [0, 0.1) is 0 Å². The zero-order chi connectivity index (χ0) is 25.7. The van der Waals surface area contributed by atoms with Gasteiger partial charge in [0.25, 0.3) is 0 Å². The van der Waals surface area contributed by atoms with Gasteiger partial charge in [-0.2, -0.15) is 61.5 Å². The SMILES string of the molecule is CC1CCN=C(N(C(=O)C(F)(F)C(F)(F)C(F)(F)F)C(=O)C(F)(F)C(F)(F)C(F)(F)F)S1. The number of amides is 2. The van der Waals surface area contributed by atoms with Gasteiger partial charge in [0, 0.05) is 11.8 Å². The maximum absolute atomic E-state index is 13.7. The second kappa shape index (κ2) is 8.19. The van der Waals surface area contributed by atoms with Crippen molar-refractivity contribution in [2.75, 3.05) is 6.54 Å². The third-order valence-electron chi connectivity index (χ3n) is 3.72. The quantitative estimate of drug-likeness (QED) is 0.495. The summed E-state index contributed by atoms with van der Waals surface area (Å²) in [6.45, 7) is 0.445. The minimum Gasteiger partial charge on any atom is -0.267 e. The van der Waals surface area contributed by atoms with Gasteiger partial charge in [-0.3, -0.25) is 14.6 Å². The minimum atomic E-state index is -7.34. The number of aliphatic imine (C=N–C) groups is 1. The molecule has 1 rings (SSSR count). The van der Waals surface area contributed by atoms with Crippen LogP contribution in [0.25, 0.3) is 0 Å². The van der Waals surface area contributed by atoms with Crippen molar-refractivity contribution in [1.82, 2.24) is 4.90 Å². The van der Waals surface area contributed by atoms with E-state index in [2.05, 4.69) is 4.99 Å². The molecule has 2 amide bonds. The number of alkyl halides is 14. The largest absolute Gasteiger partial charge is 0.460 e. The van der Waals surface area contributed by atoms with Crippen molar-refractivity contribution in [3.05, 3.63) is 0 Å². The van der Waals surface area contributed by atoms with E-state index >= 15 is 0 Å². The van der Waals surface area contributed by atoms with Crippen molar-refractivity contribution in [3.63, 3.8) is 0 Å². The summed E-state index contributed by atoms with van der Waals surface area (Å²) in [4.78, 5) is 24.5. The lowest BCUT2D eigenvalue weighted by Crippen LogP contribution is -2.66. The third kappa shape index (κ3) is 4.48. The van der Waals surface area contributed by atoms with Crippen LogP contribution in [0.1, 0.15) is 13.3 Å². The number of hydrogen-bond donors (Lipinski definition) is 0. The molecule has 0 aromatic carbocycles.